The van der Waals surface area contributed by atoms with Gasteiger partial charge in [0, 0.05) is 20.2 Å². The first-order valence-corrected chi connectivity index (χ1v) is 8.72. The average molecular weight is 367 g/mol. The third-order valence-corrected chi connectivity index (χ3v) is 4.68. The third kappa shape index (κ3) is 3.74. The smallest absolute Gasteiger partial charge is 0.259 e. The molecule has 144 valence electrons. The van der Waals surface area contributed by atoms with Crippen LogP contribution in [0.15, 0.2) is 4.52 Å². The monoisotopic (exact) mass is 367 g/mol. The maximum atomic E-state index is 13.0. The van der Waals surface area contributed by atoms with Crippen molar-refractivity contribution in [2.75, 3.05) is 53.1 Å². The number of methoxy groups -OCH3 is 1. The van der Waals surface area contributed by atoms with Crippen LogP contribution in [0.3, 0.4) is 0 Å². The summed E-state index contributed by atoms with van der Waals surface area (Å²) in [6.45, 7) is 5.81. The van der Waals surface area contributed by atoms with E-state index in [0.717, 1.165) is 0 Å². The summed E-state index contributed by atoms with van der Waals surface area (Å²) in [5.41, 5.74) is 1.04. The van der Waals surface area contributed by atoms with Gasteiger partial charge < -0.3 is 28.5 Å². The van der Waals surface area contributed by atoms with Gasteiger partial charge in [-0.3, -0.25) is 9.59 Å². The van der Waals surface area contributed by atoms with Gasteiger partial charge in [0.15, 0.2) is 0 Å². The molecular weight excluding hydrogens is 342 g/mol. The van der Waals surface area contributed by atoms with E-state index >= 15 is 0 Å². The quantitative estimate of drug-likeness (QED) is 0.761. The molecule has 2 fully saturated rings. The van der Waals surface area contributed by atoms with E-state index in [1.807, 2.05) is 0 Å². The molecule has 9 nitrogen and oxygen atoms in total. The summed E-state index contributed by atoms with van der Waals surface area (Å²) in [7, 11) is 1.49. The molecule has 0 saturated carbocycles. The number of aryl methyl sites for hydroxylation is 2. The van der Waals surface area contributed by atoms with Gasteiger partial charge in [0.25, 0.3) is 5.91 Å². The van der Waals surface area contributed by atoms with E-state index < -0.39 is 5.79 Å². The van der Waals surface area contributed by atoms with E-state index in [2.05, 4.69) is 5.16 Å². The highest BCUT2D eigenvalue weighted by Gasteiger charge is 2.43. The predicted molar refractivity (Wildman–Crippen MR) is 89.6 cm³/mol. The number of carbonyl (C=O) groups is 2. The van der Waals surface area contributed by atoms with Crippen LogP contribution in [-0.2, 0) is 19.0 Å². The summed E-state index contributed by atoms with van der Waals surface area (Å²) in [6.07, 6.45) is 0.687. The van der Waals surface area contributed by atoms with Gasteiger partial charge in [0.2, 0.25) is 11.7 Å². The zero-order valence-corrected chi connectivity index (χ0v) is 15.4. The van der Waals surface area contributed by atoms with E-state index in [4.69, 9.17) is 18.7 Å². The Balaban J connectivity index is 1.78. The minimum Gasteiger partial charge on any atom is -0.375 e. The topological polar surface area (TPSA) is 94.3 Å². The number of morpholine rings is 1. The molecule has 3 heterocycles. The van der Waals surface area contributed by atoms with E-state index in [9.17, 15) is 9.59 Å². The molecule has 2 aliphatic rings. The van der Waals surface area contributed by atoms with Gasteiger partial charge in [-0.05, 0) is 20.3 Å². The molecule has 26 heavy (non-hydrogen) atoms. The number of hydrogen-bond donors (Lipinski definition) is 0. The Bertz CT molecular complexity index is 656. The number of carbonyl (C=O) groups excluding carboxylic acids is 2. The van der Waals surface area contributed by atoms with E-state index in [0.29, 0.717) is 49.7 Å². The molecule has 1 unspecified atom stereocenters. The normalized spacial score (nSPS) is 24.0. The summed E-state index contributed by atoms with van der Waals surface area (Å²) in [6, 6.07) is 0. The van der Waals surface area contributed by atoms with Crippen LogP contribution < -0.4 is 0 Å². The molecule has 0 aliphatic carbocycles. The van der Waals surface area contributed by atoms with Crippen molar-refractivity contribution in [2.24, 2.45) is 0 Å². The Labute approximate surface area is 152 Å². The Morgan fingerprint density at radius 1 is 1.15 bits per heavy atom. The van der Waals surface area contributed by atoms with Gasteiger partial charge in [-0.25, -0.2) is 0 Å². The standard InChI is InChI=1S/C17H25N3O6/c1-12-15(13(2)26-18-12)16(22)20-5-4-7-24-17(11-20)10-19(6-8-25-17)14(21)9-23-3/h4-11H2,1-3H3. The summed E-state index contributed by atoms with van der Waals surface area (Å²) >= 11 is 0. The summed E-state index contributed by atoms with van der Waals surface area (Å²) in [5.74, 6) is -0.804. The fourth-order valence-electron chi connectivity index (χ4n) is 3.42. The van der Waals surface area contributed by atoms with Crippen molar-refractivity contribution < 1.29 is 28.3 Å². The van der Waals surface area contributed by atoms with Crippen LogP contribution in [0.5, 0.6) is 0 Å². The van der Waals surface area contributed by atoms with Gasteiger partial charge in [-0.2, -0.15) is 0 Å². The van der Waals surface area contributed by atoms with E-state index in [1.165, 1.54) is 7.11 Å². The second-order valence-corrected chi connectivity index (χ2v) is 6.64. The molecular formula is C17H25N3O6. The number of hydrogen-bond acceptors (Lipinski definition) is 7. The molecule has 2 saturated heterocycles. The highest BCUT2D eigenvalue weighted by atomic mass is 16.7. The molecule has 3 rings (SSSR count). The number of aromatic nitrogens is 1. The molecule has 1 aromatic heterocycles. The Morgan fingerprint density at radius 3 is 2.58 bits per heavy atom. The summed E-state index contributed by atoms with van der Waals surface area (Å²) in [5, 5.41) is 3.86. The average Bonchev–Trinajstić information content (AvgIpc) is 2.83. The minimum absolute atomic E-state index is 0.0117. The van der Waals surface area contributed by atoms with Crippen molar-refractivity contribution in [3.05, 3.63) is 17.0 Å². The highest BCUT2D eigenvalue weighted by molar-refractivity contribution is 5.96. The van der Waals surface area contributed by atoms with Crippen LogP contribution in [-0.4, -0.2) is 85.7 Å². The van der Waals surface area contributed by atoms with Crippen LogP contribution in [0.25, 0.3) is 0 Å². The molecule has 0 bridgehead atoms. The van der Waals surface area contributed by atoms with Crippen molar-refractivity contribution in [1.82, 2.24) is 15.0 Å². The van der Waals surface area contributed by atoms with Crippen LogP contribution in [0.2, 0.25) is 0 Å². The Morgan fingerprint density at radius 2 is 1.88 bits per heavy atom. The molecule has 1 atom stereocenters. The zero-order valence-electron chi connectivity index (χ0n) is 15.4. The lowest BCUT2D eigenvalue weighted by Gasteiger charge is -2.43. The van der Waals surface area contributed by atoms with Gasteiger partial charge in [0.05, 0.1) is 32.0 Å². The van der Waals surface area contributed by atoms with E-state index in [-0.39, 0.29) is 31.5 Å². The third-order valence-electron chi connectivity index (χ3n) is 4.68. The molecule has 0 N–H and O–H groups in total. The Hall–Kier alpha value is -1.97. The van der Waals surface area contributed by atoms with E-state index in [1.54, 1.807) is 23.6 Å². The van der Waals surface area contributed by atoms with Crippen LogP contribution >= 0.6 is 0 Å². The Kier molecular flexibility index (Phi) is 5.59. The lowest BCUT2D eigenvalue weighted by atomic mass is 10.1. The van der Waals surface area contributed by atoms with Crippen molar-refractivity contribution in [3.63, 3.8) is 0 Å². The zero-order chi connectivity index (χ0) is 18.7. The van der Waals surface area contributed by atoms with Crippen LogP contribution in [0, 0.1) is 13.8 Å². The van der Waals surface area contributed by atoms with Crippen LogP contribution in [0.4, 0.5) is 0 Å². The first-order chi connectivity index (χ1) is 12.5. The molecule has 2 aliphatic heterocycles. The molecule has 2 amide bonds. The van der Waals surface area contributed by atoms with Crippen molar-refractivity contribution in [1.29, 1.82) is 0 Å². The number of ether oxygens (including phenoxy) is 3. The second-order valence-electron chi connectivity index (χ2n) is 6.64. The molecule has 1 aromatic rings. The minimum atomic E-state index is -1.02. The van der Waals surface area contributed by atoms with Gasteiger partial charge >= 0.3 is 0 Å². The lowest BCUT2D eigenvalue weighted by Crippen LogP contribution is -2.60. The number of nitrogens with zero attached hydrogens (tertiary/aromatic N) is 3. The number of rotatable bonds is 3. The number of amides is 2. The highest BCUT2D eigenvalue weighted by Crippen LogP contribution is 2.26. The predicted octanol–water partition coefficient (Wildman–Crippen LogP) is 0.355. The first kappa shape index (κ1) is 18.8. The SMILES string of the molecule is COCC(=O)N1CCOC2(C1)CN(C(=O)c1c(C)noc1C)CCCO2. The van der Waals surface area contributed by atoms with Crippen molar-refractivity contribution in [3.8, 4) is 0 Å². The maximum Gasteiger partial charge on any atom is 0.259 e. The van der Waals surface area contributed by atoms with Crippen molar-refractivity contribution in [2.45, 2.75) is 26.1 Å². The lowest BCUT2D eigenvalue weighted by molar-refractivity contribution is -0.262. The molecule has 0 radical (unpaired) electrons. The molecule has 1 spiro atoms. The summed E-state index contributed by atoms with van der Waals surface area (Å²) < 4.78 is 21.9. The first-order valence-electron chi connectivity index (χ1n) is 8.72. The van der Waals surface area contributed by atoms with Gasteiger partial charge in [0.1, 0.15) is 17.9 Å². The van der Waals surface area contributed by atoms with Gasteiger partial charge in [-0.1, -0.05) is 5.16 Å². The maximum absolute atomic E-state index is 13.0. The largest absolute Gasteiger partial charge is 0.375 e. The summed E-state index contributed by atoms with van der Waals surface area (Å²) in [4.78, 5) is 28.6. The molecule has 9 heteroatoms. The van der Waals surface area contributed by atoms with Gasteiger partial charge in [-0.15, -0.1) is 0 Å². The fourth-order valence-corrected chi connectivity index (χ4v) is 3.42. The van der Waals surface area contributed by atoms with Crippen LogP contribution in [0.1, 0.15) is 28.2 Å². The second kappa shape index (κ2) is 7.73. The molecule has 0 aromatic carbocycles. The fraction of sp³-hybridized carbons (Fsp3) is 0.706. The van der Waals surface area contributed by atoms with Crippen molar-refractivity contribution >= 4 is 11.8 Å².